The molecular weight excluding hydrogens is 230 g/mol. The molecule has 0 saturated heterocycles. The second-order valence-corrected chi connectivity index (χ2v) is 4.94. The van der Waals surface area contributed by atoms with E-state index in [4.69, 9.17) is 4.74 Å². The van der Waals surface area contributed by atoms with Crippen molar-refractivity contribution in [2.24, 2.45) is 0 Å². The first-order chi connectivity index (χ1) is 8.92. The molecule has 6 nitrogen and oxygen atoms in total. The Kier molecular flexibility index (Phi) is 2.23. The van der Waals surface area contributed by atoms with Crippen molar-refractivity contribution in [3.63, 3.8) is 0 Å². The number of H-pyrrole nitrogens is 1. The van der Waals surface area contributed by atoms with Crippen LogP contribution < -0.4 is 0 Å². The van der Waals surface area contributed by atoms with Crippen molar-refractivity contribution in [3.05, 3.63) is 17.6 Å². The number of aromatic amines is 1. The van der Waals surface area contributed by atoms with Crippen molar-refractivity contribution in [2.75, 3.05) is 13.2 Å². The summed E-state index contributed by atoms with van der Waals surface area (Å²) in [7, 11) is 0. The SMILES string of the molecule is c1c(-c2nnc3n2CCOCC3)n[nH]c1C1CC1. The van der Waals surface area contributed by atoms with Gasteiger partial charge in [-0.3, -0.25) is 5.10 Å². The molecule has 6 heteroatoms. The van der Waals surface area contributed by atoms with E-state index in [1.54, 1.807) is 0 Å². The van der Waals surface area contributed by atoms with Gasteiger partial charge in [-0.2, -0.15) is 5.10 Å². The van der Waals surface area contributed by atoms with Crippen LogP contribution in [0, 0.1) is 0 Å². The number of aromatic nitrogens is 5. The fraction of sp³-hybridized carbons (Fsp3) is 0.583. The van der Waals surface area contributed by atoms with E-state index >= 15 is 0 Å². The Labute approximate surface area is 104 Å². The highest BCUT2D eigenvalue weighted by Gasteiger charge is 2.27. The van der Waals surface area contributed by atoms with Crippen LogP contribution in [0.5, 0.6) is 0 Å². The minimum atomic E-state index is 0.682. The van der Waals surface area contributed by atoms with Gasteiger partial charge in [-0.05, 0) is 18.9 Å². The van der Waals surface area contributed by atoms with Crippen LogP contribution in [0.3, 0.4) is 0 Å². The first-order valence-electron chi connectivity index (χ1n) is 6.47. The molecule has 2 aliphatic rings. The van der Waals surface area contributed by atoms with Gasteiger partial charge in [-0.15, -0.1) is 10.2 Å². The van der Waals surface area contributed by atoms with Crippen LogP contribution in [0.1, 0.15) is 30.3 Å². The van der Waals surface area contributed by atoms with Crippen LogP contribution in [0.25, 0.3) is 11.5 Å². The van der Waals surface area contributed by atoms with E-state index in [-0.39, 0.29) is 0 Å². The molecule has 2 aromatic rings. The summed E-state index contributed by atoms with van der Waals surface area (Å²) in [6.07, 6.45) is 3.37. The Bertz CT molecular complexity index is 569. The highest BCUT2D eigenvalue weighted by atomic mass is 16.5. The van der Waals surface area contributed by atoms with Gasteiger partial charge in [0.05, 0.1) is 13.2 Å². The molecule has 94 valence electrons. The van der Waals surface area contributed by atoms with Crippen LogP contribution in [-0.4, -0.2) is 38.2 Å². The molecule has 1 fully saturated rings. The van der Waals surface area contributed by atoms with Crippen LogP contribution in [-0.2, 0) is 17.7 Å². The Hall–Kier alpha value is -1.69. The lowest BCUT2D eigenvalue weighted by atomic mass is 10.2. The lowest BCUT2D eigenvalue weighted by Gasteiger charge is -2.03. The summed E-state index contributed by atoms with van der Waals surface area (Å²) >= 11 is 0. The van der Waals surface area contributed by atoms with Gasteiger partial charge in [-0.25, -0.2) is 0 Å². The van der Waals surface area contributed by atoms with Gasteiger partial charge in [0.15, 0.2) is 5.82 Å². The number of hydrogen-bond acceptors (Lipinski definition) is 4. The molecule has 1 N–H and O–H groups in total. The zero-order valence-electron chi connectivity index (χ0n) is 10.1. The summed E-state index contributed by atoms with van der Waals surface area (Å²) in [6, 6.07) is 2.11. The topological polar surface area (TPSA) is 68.6 Å². The molecule has 3 heterocycles. The van der Waals surface area contributed by atoms with E-state index in [1.165, 1.54) is 18.5 Å². The molecule has 0 bridgehead atoms. The Morgan fingerprint density at radius 1 is 1.28 bits per heavy atom. The van der Waals surface area contributed by atoms with E-state index < -0.39 is 0 Å². The fourth-order valence-electron chi connectivity index (χ4n) is 2.42. The van der Waals surface area contributed by atoms with Crippen LogP contribution in [0.4, 0.5) is 0 Å². The third-order valence-corrected chi connectivity index (χ3v) is 3.60. The summed E-state index contributed by atoms with van der Waals surface area (Å²) in [5.74, 6) is 2.54. The molecule has 0 amide bonds. The molecule has 0 atom stereocenters. The first-order valence-corrected chi connectivity index (χ1v) is 6.47. The molecule has 0 radical (unpaired) electrons. The van der Waals surface area contributed by atoms with Gasteiger partial charge in [0.2, 0.25) is 0 Å². The smallest absolute Gasteiger partial charge is 0.184 e. The molecule has 2 aromatic heterocycles. The summed E-state index contributed by atoms with van der Waals surface area (Å²) in [5.41, 5.74) is 2.13. The van der Waals surface area contributed by atoms with Crippen LogP contribution >= 0.6 is 0 Å². The van der Waals surface area contributed by atoms with Crippen LogP contribution in [0.2, 0.25) is 0 Å². The van der Waals surface area contributed by atoms with Crippen molar-refractivity contribution in [3.8, 4) is 11.5 Å². The molecule has 0 unspecified atom stereocenters. The highest BCUT2D eigenvalue weighted by molar-refractivity contribution is 5.50. The molecule has 18 heavy (non-hydrogen) atoms. The van der Waals surface area contributed by atoms with Gasteiger partial charge in [0, 0.05) is 24.6 Å². The predicted octanol–water partition coefficient (Wildman–Crippen LogP) is 1.12. The molecule has 1 saturated carbocycles. The van der Waals surface area contributed by atoms with Crippen molar-refractivity contribution in [1.82, 2.24) is 25.0 Å². The van der Waals surface area contributed by atoms with Crippen molar-refractivity contribution < 1.29 is 4.74 Å². The monoisotopic (exact) mass is 245 g/mol. The van der Waals surface area contributed by atoms with Gasteiger partial charge >= 0.3 is 0 Å². The summed E-state index contributed by atoms with van der Waals surface area (Å²) in [4.78, 5) is 0. The number of hydrogen-bond donors (Lipinski definition) is 1. The van der Waals surface area contributed by atoms with E-state index in [9.17, 15) is 0 Å². The standard InChI is InChI=1S/C12H15N5O/c1-2-8(1)9-7-10(14-13-9)12-16-15-11-3-5-18-6-4-17(11)12/h7-8H,1-6H2,(H,13,14). The normalized spacial score (nSPS) is 19.6. The zero-order valence-corrected chi connectivity index (χ0v) is 10.1. The van der Waals surface area contributed by atoms with Gasteiger partial charge < -0.3 is 9.30 Å². The number of rotatable bonds is 2. The molecule has 1 aliphatic carbocycles. The maximum absolute atomic E-state index is 5.46. The van der Waals surface area contributed by atoms with Crippen molar-refractivity contribution in [2.45, 2.75) is 31.7 Å². The third-order valence-electron chi connectivity index (χ3n) is 3.60. The predicted molar refractivity (Wildman–Crippen MR) is 64.1 cm³/mol. The average molecular weight is 245 g/mol. The van der Waals surface area contributed by atoms with E-state index in [0.717, 1.165) is 43.5 Å². The number of ether oxygens (including phenoxy) is 1. The summed E-state index contributed by atoms with van der Waals surface area (Å²) in [6.45, 7) is 2.26. The van der Waals surface area contributed by atoms with E-state index in [1.807, 2.05) is 0 Å². The van der Waals surface area contributed by atoms with Crippen LogP contribution in [0.15, 0.2) is 6.07 Å². The second-order valence-electron chi connectivity index (χ2n) is 4.94. The molecule has 1 aliphatic heterocycles. The van der Waals surface area contributed by atoms with Gasteiger partial charge in [0.1, 0.15) is 11.5 Å². The molecular formula is C12H15N5O. The minimum absolute atomic E-state index is 0.682. The fourth-order valence-corrected chi connectivity index (χ4v) is 2.42. The quantitative estimate of drug-likeness (QED) is 0.860. The average Bonchev–Trinajstić information content (AvgIpc) is 3.07. The van der Waals surface area contributed by atoms with E-state index in [2.05, 4.69) is 31.0 Å². The molecule has 0 aromatic carbocycles. The first kappa shape index (κ1) is 10.3. The second kappa shape index (κ2) is 3.91. The Morgan fingerprint density at radius 3 is 3.11 bits per heavy atom. The number of nitrogens with zero attached hydrogens (tertiary/aromatic N) is 4. The molecule has 0 spiro atoms. The molecule has 4 rings (SSSR count). The summed E-state index contributed by atoms with van der Waals surface area (Å²) in [5, 5.41) is 16.0. The van der Waals surface area contributed by atoms with Gasteiger partial charge in [0.25, 0.3) is 0 Å². The van der Waals surface area contributed by atoms with Crippen molar-refractivity contribution >= 4 is 0 Å². The third kappa shape index (κ3) is 1.64. The lowest BCUT2D eigenvalue weighted by Crippen LogP contribution is -2.05. The highest BCUT2D eigenvalue weighted by Crippen LogP contribution is 2.39. The Morgan fingerprint density at radius 2 is 2.22 bits per heavy atom. The minimum Gasteiger partial charge on any atom is -0.379 e. The zero-order chi connectivity index (χ0) is 11.9. The maximum atomic E-state index is 5.46. The van der Waals surface area contributed by atoms with Crippen molar-refractivity contribution in [1.29, 1.82) is 0 Å². The van der Waals surface area contributed by atoms with E-state index in [0.29, 0.717) is 5.92 Å². The number of nitrogens with one attached hydrogen (secondary N) is 1. The lowest BCUT2D eigenvalue weighted by molar-refractivity contribution is 0.140. The maximum Gasteiger partial charge on any atom is 0.184 e. The summed E-state index contributed by atoms with van der Waals surface area (Å²) < 4.78 is 7.59. The largest absolute Gasteiger partial charge is 0.379 e. The number of fused-ring (bicyclic) bond motifs is 1. The Balaban J connectivity index is 1.72. The van der Waals surface area contributed by atoms with Gasteiger partial charge in [-0.1, -0.05) is 0 Å².